The van der Waals surface area contributed by atoms with E-state index in [0.29, 0.717) is 16.9 Å². The molecule has 1 aliphatic heterocycles. The molecule has 10 heteroatoms. The van der Waals surface area contributed by atoms with Crippen LogP contribution in [0.25, 0.3) is 43.6 Å². The predicted octanol–water partition coefficient (Wildman–Crippen LogP) is 6.06. The molecule has 3 aromatic carbocycles. The first kappa shape index (κ1) is 29.9. The lowest BCUT2D eigenvalue weighted by atomic mass is 9.97. The van der Waals surface area contributed by atoms with Crippen molar-refractivity contribution >= 4 is 65.7 Å². The Morgan fingerprint density at radius 2 is 1.33 bits per heavy atom. The minimum Gasteiger partial charge on any atom is -0.497 e. The van der Waals surface area contributed by atoms with Crippen LogP contribution in [0.15, 0.2) is 42.5 Å². The Morgan fingerprint density at radius 3 is 1.81 bits per heavy atom. The number of imide groups is 1. The number of amides is 2. The van der Waals surface area contributed by atoms with E-state index in [2.05, 4.69) is 36.1 Å². The minimum absolute atomic E-state index is 0.0764. The molecule has 2 atom stereocenters. The van der Waals surface area contributed by atoms with Crippen molar-refractivity contribution in [1.29, 1.82) is 0 Å². The molecule has 1 saturated carbocycles. The Bertz CT molecular complexity index is 1810. The van der Waals surface area contributed by atoms with Gasteiger partial charge in [0.1, 0.15) is 5.75 Å². The second-order valence-corrected chi connectivity index (χ2v) is 16.0. The van der Waals surface area contributed by atoms with Gasteiger partial charge in [-0.1, -0.05) is 39.0 Å². The largest absolute Gasteiger partial charge is 0.497 e. The number of aromatic amines is 2. The Labute approximate surface area is 245 Å². The van der Waals surface area contributed by atoms with Crippen LogP contribution in [0, 0.1) is 0 Å². The quantitative estimate of drug-likeness (QED) is 0.130. The zero-order valence-electron chi connectivity index (χ0n) is 24.8. The smallest absolute Gasteiger partial charge is 0.259 e. The highest BCUT2D eigenvalue weighted by Crippen LogP contribution is 2.48. The highest BCUT2D eigenvalue weighted by atomic mass is 32.3. The molecule has 6 N–H and O–H groups in total. The van der Waals surface area contributed by atoms with Gasteiger partial charge >= 0.3 is 0 Å². The number of hydrogen-bond donors (Lipinski definition) is 6. The number of aromatic nitrogens is 2. The maximum absolute atomic E-state index is 12.7. The molecular weight excluding hydrogens is 554 g/mol. The van der Waals surface area contributed by atoms with Gasteiger partial charge in [0, 0.05) is 37.3 Å². The molecule has 3 heterocycles. The molecule has 1 fully saturated rings. The summed E-state index contributed by atoms with van der Waals surface area (Å²) < 4.78 is 14.9. The molecule has 1 aliphatic carbocycles. The van der Waals surface area contributed by atoms with Gasteiger partial charge in [0.2, 0.25) is 0 Å². The van der Waals surface area contributed by atoms with E-state index in [1.54, 1.807) is 7.11 Å². The topological polar surface area (TPSA) is 148 Å². The number of hydrogen-bond acceptors (Lipinski definition) is 6. The molecule has 2 aliphatic rings. The Hall–Kier alpha value is -3.57. The van der Waals surface area contributed by atoms with Crippen LogP contribution in [-0.4, -0.2) is 73.1 Å². The molecule has 0 spiro atoms. The molecular formula is C32H39N3O6S. The number of benzene rings is 3. The van der Waals surface area contributed by atoms with Gasteiger partial charge in [0.15, 0.2) is 0 Å². The van der Waals surface area contributed by atoms with Gasteiger partial charge in [-0.3, -0.25) is 14.9 Å². The van der Waals surface area contributed by atoms with Crippen LogP contribution < -0.4 is 10.1 Å². The lowest BCUT2D eigenvalue weighted by Gasteiger charge is -2.38. The number of aliphatic hydroxyl groups excluding tert-OH is 2. The molecule has 2 amide bonds. The van der Waals surface area contributed by atoms with E-state index < -0.39 is 22.5 Å². The van der Waals surface area contributed by atoms with E-state index in [-0.39, 0.29) is 16.6 Å². The molecule has 224 valence electrons. The van der Waals surface area contributed by atoms with Crippen LogP contribution >= 0.6 is 10.3 Å². The van der Waals surface area contributed by atoms with E-state index in [9.17, 15) is 14.1 Å². The molecule has 0 bridgehead atoms. The van der Waals surface area contributed by atoms with Crippen molar-refractivity contribution in [2.75, 3.05) is 19.6 Å². The number of nitrogens with one attached hydrogen (secondary N) is 3. The van der Waals surface area contributed by atoms with Gasteiger partial charge in [-0.05, 0) is 56.0 Å². The van der Waals surface area contributed by atoms with Crippen LogP contribution in [0.3, 0.4) is 0 Å². The first-order valence-corrected chi connectivity index (χ1v) is 16.4. The van der Waals surface area contributed by atoms with Crippen molar-refractivity contribution in [3.63, 3.8) is 0 Å². The molecule has 9 nitrogen and oxygen atoms in total. The number of rotatable bonds is 1. The van der Waals surface area contributed by atoms with E-state index in [4.69, 9.17) is 14.9 Å². The average molecular weight is 594 g/mol. The lowest BCUT2D eigenvalue weighted by Crippen LogP contribution is -2.21. The summed E-state index contributed by atoms with van der Waals surface area (Å²) in [4.78, 5) is 32.2. The Balaban J connectivity index is 0.000000195. The van der Waals surface area contributed by atoms with Crippen LogP contribution in [0.4, 0.5) is 0 Å². The van der Waals surface area contributed by atoms with Gasteiger partial charge in [-0.25, -0.2) is 0 Å². The summed E-state index contributed by atoms with van der Waals surface area (Å²) in [6.45, 7) is 6.17. The van der Waals surface area contributed by atoms with E-state index in [1.165, 1.54) is 0 Å². The van der Waals surface area contributed by atoms with Gasteiger partial charge in [0.25, 0.3) is 11.8 Å². The first-order chi connectivity index (χ1) is 19.7. The van der Waals surface area contributed by atoms with Gasteiger partial charge in [-0.2, -0.15) is 0 Å². The Kier molecular flexibility index (Phi) is 7.78. The van der Waals surface area contributed by atoms with Crippen molar-refractivity contribution in [3.8, 4) is 5.75 Å². The fraction of sp³-hybridized carbons (Fsp3) is 0.375. The molecule has 0 radical (unpaired) electrons. The van der Waals surface area contributed by atoms with Crippen LogP contribution in [0.2, 0.25) is 0 Å². The molecule has 42 heavy (non-hydrogen) atoms. The second-order valence-electron chi connectivity index (χ2n) is 12.2. The SMILES string of the molecule is CC(C)(C)S(C)(C)O.COc1ccc2[nH]c3c4[nH]c5ccccc5c4c4c(c3c2c1)C(=O)NC4=O.OC1CCCC1O. The summed E-state index contributed by atoms with van der Waals surface area (Å²) in [6.07, 6.45) is 5.49. The predicted molar refractivity (Wildman–Crippen MR) is 171 cm³/mol. The molecule has 0 saturated heterocycles. The standard InChI is InChI=1S/C21H13N3O3.C6H16OS.C5H10O2/c1-27-9-6-7-13-11(8-9)15-17-16(20(25)24-21(17)26)14-10-4-2-3-5-12(10)22-18(14)19(15)23-13;1-6(2,3)8(4,5)7;6-4-2-1-3-5(4)7/h2-8,22-23H,1H3,(H,24,25,26);7H,1-5H3;4-7H,1-3H2. The summed E-state index contributed by atoms with van der Waals surface area (Å²) in [6, 6.07) is 13.5. The number of ether oxygens (including phenoxy) is 1. The third-order valence-electron chi connectivity index (χ3n) is 8.34. The molecule has 7 rings (SSSR count). The van der Waals surface area contributed by atoms with Crippen molar-refractivity contribution in [2.45, 2.75) is 57.0 Å². The average Bonchev–Trinajstić information content (AvgIpc) is 3.67. The number of fused-ring (bicyclic) bond motifs is 10. The van der Waals surface area contributed by atoms with Crippen molar-refractivity contribution in [3.05, 3.63) is 53.6 Å². The summed E-state index contributed by atoms with van der Waals surface area (Å²) in [5, 5.41) is 23.2. The minimum atomic E-state index is -1.34. The van der Waals surface area contributed by atoms with E-state index in [1.807, 2.05) is 55.0 Å². The van der Waals surface area contributed by atoms with Crippen LogP contribution in [0.5, 0.6) is 5.75 Å². The number of H-pyrrole nitrogens is 2. The highest BCUT2D eigenvalue weighted by molar-refractivity contribution is 8.29. The summed E-state index contributed by atoms with van der Waals surface area (Å²) in [7, 11) is 0.263. The zero-order valence-corrected chi connectivity index (χ0v) is 25.6. The van der Waals surface area contributed by atoms with Crippen LogP contribution in [-0.2, 0) is 0 Å². The van der Waals surface area contributed by atoms with E-state index in [0.717, 1.165) is 62.9 Å². The van der Waals surface area contributed by atoms with Crippen molar-refractivity contribution in [2.24, 2.45) is 0 Å². The van der Waals surface area contributed by atoms with Crippen molar-refractivity contribution < 1.29 is 29.1 Å². The fourth-order valence-corrected chi connectivity index (χ4v) is 5.19. The summed E-state index contributed by atoms with van der Waals surface area (Å²) in [5.41, 5.74) is 4.30. The zero-order chi connectivity index (χ0) is 30.6. The molecule has 5 aromatic rings. The number of carbonyl (C=O) groups excluding carboxylic acids is 2. The number of para-hydroxylation sites is 1. The van der Waals surface area contributed by atoms with Crippen LogP contribution in [0.1, 0.15) is 60.7 Å². The number of aliphatic hydroxyl groups is 2. The maximum atomic E-state index is 12.7. The summed E-state index contributed by atoms with van der Waals surface area (Å²) in [5.74, 6) is -0.0292. The third kappa shape index (κ3) is 5.24. The number of carbonyl (C=O) groups is 2. The molecule has 2 aromatic heterocycles. The Morgan fingerprint density at radius 1 is 0.833 bits per heavy atom. The fourth-order valence-electron chi connectivity index (χ4n) is 5.19. The normalized spacial score (nSPS) is 19.0. The monoisotopic (exact) mass is 593 g/mol. The van der Waals surface area contributed by atoms with E-state index >= 15 is 0 Å². The highest BCUT2D eigenvalue weighted by Gasteiger charge is 2.34. The van der Waals surface area contributed by atoms with Gasteiger partial charge < -0.3 is 29.5 Å². The third-order valence-corrected chi connectivity index (χ3v) is 11.3. The van der Waals surface area contributed by atoms with Gasteiger partial charge in [0.05, 0.1) is 41.5 Å². The summed E-state index contributed by atoms with van der Waals surface area (Å²) >= 11 is 0. The lowest BCUT2D eigenvalue weighted by molar-refractivity contribution is 0.0438. The first-order valence-electron chi connectivity index (χ1n) is 14.0. The van der Waals surface area contributed by atoms with Crippen molar-refractivity contribution in [1.82, 2.24) is 15.3 Å². The van der Waals surface area contributed by atoms with Gasteiger partial charge in [-0.15, -0.1) is 10.3 Å². The maximum Gasteiger partial charge on any atom is 0.259 e. The second kappa shape index (κ2) is 10.9. The number of methoxy groups -OCH3 is 1. The molecule has 2 unspecified atom stereocenters.